The second kappa shape index (κ2) is 7.31. The number of carbonyl (C=O) groups excluding carboxylic acids is 1. The fraction of sp³-hybridized carbons (Fsp3) is 0.455. The van der Waals surface area contributed by atoms with Crippen LogP contribution >= 0.6 is 0 Å². The molecule has 0 fully saturated rings. The lowest BCUT2D eigenvalue weighted by Gasteiger charge is -2.29. The predicted octanol–water partition coefficient (Wildman–Crippen LogP) is 2.96. The van der Waals surface area contributed by atoms with Crippen molar-refractivity contribution in [3.63, 3.8) is 0 Å². The molecule has 0 spiro atoms. The minimum Gasteiger partial charge on any atom is -0.359 e. The van der Waals surface area contributed by atoms with Gasteiger partial charge < -0.3 is 14.8 Å². The van der Waals surface area contributed by atoms with Gasteiger partial charge in [-0.3, -0.25) is 9.79 Å². The van der Waals surface area contributed by atoms with Crippen LogP contribution in [0.4, 0.5) is 0 Å². The number of carbonyl (C=O) groups is 1. The van der Waals surface area contributed by atoms with Crippen LogP contribution in [-0.4, -0.2) is 49.3 Å². The molecule has 4 rings (SSSR count). The average molecular weight is 364 g/mol. The summed E-state index contributed by atoms with van der Waals surface area (Å²) < 4.78 is 2.28. The second-order valence-corrected chi connectivity index (χ2v) is 7.84. The van der Waals surface area contributed by atoms with Gasteiger partial charge in [0.05, 0.1) is 23.0 Å². The largest absolute Gasteiger partial charge is 0.359 e. The molecule has 0 saturated heterocycles. The predicted molar refractivity (Wildman–Crippen MR) is 110 cm³/mol. The highest BCUT2D eigenvalue weighted by molar-refractivity contribution is 6.12. The second-order valence-electron chi connectivity index (χ2n) is 7.84. The Morgan fingerprint density at radius 2 is 2.26 bits per heavy atom. The molecule has 2 atom stereocenters. The highest BCUT2D eigenvalue weighted by Gasteiger charge is 2.35. The van der Waals surface area contributed by atoms with Gasteiger partial charge in [-0.25, -0.2) is 0 Å². The average Bonchev–Trinajstić information content (AvgIpc) is 3.02. The Labute approximate surface area is 161 Å². The van der Waals surface area contributed by atoms with E-state index in [-0.39, 0.29) is 17.7 Å². The van der Waals surface area contributed by atoms with Crippen molar-refractivity contribution in [1.29, 1.82) is 0 Å². The number of fused-ring (bicyclic) bond motifs is 1. The highest BCUT2D eigenvalue weighted by atomic mass is 16.1. The van der Waals surface area contributed by atoms with Gasteiger partial charge in [0.15, 0.2) is 0 Å². The van der Waals surface area contributed by atoms with E-state index in [1.165, 1.54) is 16.8 Å². The minimum absolute atomic E-state index is 0.0700. The molecule has 2 unspecified atom stereocenters. The lowest BCUT2D eigenvalue weighted by Crippen LogP contribution is -2.34. The molecule has 3 aliphatic rings. The Kier molecular flexibility index (Phi) is 4.87. The monoisotopic (exact) mass is 364 g/mol. The maximum Gasteiger partial charge on any atom is 0.227 e. The van der Waals surface area contributed by atoms with Crippen molar-refractivity contribution < 1.29 is 4.79 Å². The Bertz CT molecular complexity index is 869. The molecule has 1 aliphatic heterocycles. The van der Waals surface area contributed by atoms with Crippen LogP contribution in [0.2, 0.25) is 0 Å². The normalized spacial score (nSPS) is 23.0. The summed E-state index contributed by atoms with van der Waals surface area (Å²) >= 11 is 0. The van der Waals surface area contributed by atoms with Crippen LogP contribution < -0.4 is 5.32 Å². The molecule has 1 aromatic rings. The van der Waals surface area contributed by atoms with E-state index in [1.54, 1.807) is 7.05 Å². The van der Waals surface area contributed by atoms with E-state index in [1.807, 2.05) is 6.21 Å². The maximum atomic E-state index is 12.5. The molecule has 2 aliphatic carbocycles. The molecular weight excluding hydrogens is 336 g/mol. The highest BCUT2D eigenvalue weighted by Crippen LogP contribution is 2.41. The van der Waals surface area contributed by atoms with Gasteiger partial charge in [0.25, 0.3) is 0 Å². The zero-order chi connectivity index (χ0) is 19.0. The number of aromatic nitrogens is 1. The van der Waals surface area contributed by atoms with Crippen LogP contribution in [0.3, 0.4) is 0 Å². The zero-order valence-corrected chi connectivity index (χ0v) is 16.4. The smallest absolute Gasteiger partial charge is 0.227 e. The fourth-order valence-corrected chi connectivity index (χ4v) is 4.45. The van der Waals surface area contributed by atoms with E-state index in [0.717, 1.165) is 43.6 Å². The minimum atomic E-state index is -0.165. The van der Waals surface area contributed by atoms with Gasteiger partial charge in [0, 0.05) is 31.0 Å². The third-order valence-corrected chi connectivity index (χ3v) is 5.80. The van der Waals surface area contributed by atoms with Crippen LogP contribution in [-0.2, 0) is 11.2 Å². The molecule has 1 aromatic heterocycles. The third-order valence-electron chi connectivity index (χ3n) is 5.80. The molecule has 27 heavy (non-hydrogen) atoms. The molecule has 0 aromatic carbocycles. The summed E-state index contributed by atoms with van der Waals surface area (Å²) in [5.74, 6) is 0.00255. The van der Waals surface area contributed by atoms with Gasteiger partial charge in [-0.15, -0.1) is 0 Å². The molecule has 5 heteroatoms. The summed E-state index contributed by atoms with van der Waals surface area (Å²) in [6.45, 7) is 1.01. The molecule has 1 amide bonds. The van der Waals surface area contributed by atoms with Crippen molar-refractivity contribution in [3.05, 3.63) is 47.4 Å². The number of amides is 1. The quantitative estimate of drug-likeness (QED) is 0.873. The third kappa shape index (κ3) is 3.21. The topological polar surface area (TPSA) is 49.6 Å². The number of allylic oxidation sites excluding steroid dienone is 5. The molecule has 142 valence electrons. The number of hydrogen-bond acceptors (Lipinski definition) is 3. The van der Waals surface area contributed by atoms with E-state index in [9.17, 15) is 4.79 Å². The van der Waals surface area contributed by atoms with Crippen molar-refractivity contribution in [3.8, 4) is 0 Å². The standard InChI is InChI=1S/C22H28N4O/c1-23-22(27)18-9-10-19-20(17(18)8-5-12-25(2)3)24-14-16-7-4-6-15-11-13-26(19)21(15)16/h7,9-11,13-14,17-18H,4-6,8,12H2,1-3H3,(H,23,27). The molecule has 0 radical (unpaired) electrons. The summed E-state index contributed by atoms with van der Waals surface area (Å²) in [6, 6.07) is 2.23. The van der Waals surface area contributed by atoms with E-state index >= 15 is 0 Å². The Hall–Kier alpha value is -2.40. The van der Waals surface area contributed by atoms with Crippen molar-refractivity contribution >= 4 is 23.4 Å². The van der Waals surface area contributed by atoms with Gasteiger partial charge >= 0.3 is 0 Å². The Balaban J connectivity index is 1.76. The first-order chi connectivity index (χ1) is 13.1. The van der Waals surface area contributed by atoms with Crippen LogP contribution in [0.5, 0.6) is 0 Å². The lowest BCUT2D eigenvalue weighted by atomic mass is 9.80. The summed E-state index contributed by atoms with van der Waals surface area (Å²) in [5.41, 5.74) is 6.02. The Morgan fingerprint density at radius 3 is 3.04 bits per heavy atom. The van der Waals surface area contributed by atoms with Gasteiger partial charge in [-0.1, -0.05) is 12.2 Å². The number of hydrogen-bond donors (Lipinski definition) is 1. The van der Waals surface area contributed by atoms with Crippen LogP contribution in [0.25, 0.3) is 11.3 Å². The number of rotatable bonds is 5. The summed E-state index contributed by atoms with van der Waals surface area (Å²) in [5, 5.41) is 2.83. The number of aliphatic imine (C=N–C) groups is 1. The summed E-state index contributed by atoms with van der Waals surface area (Å²) in [4.78, 5) is 19.7. The molecule has 0 saturated carbocycles. The van der Waals surface area contributed by atoms with Crippen LogP contribution in [0, 0.1) is 11.8 Å². The van der Waals surface area contributed by atoms with Crippen molar-refractivity contribution in [1.82, 2.24) is 14.8 Å². The van der Waals surface area contributed by atoms with Crippen molar-refractivity contribution in [2.45, 2.75) is 25.7 Å². The van der Waals surface area contributed by atoms with E-state index in [0.29, 0.717) is 0 Å². The zero-order valence-electron chi connectivity index (χ0n) is 16.4. The Morgan fingerprint density at radius 1 is 1.41 bits per heavy atom. The molecule has 0 bridgehead atoms. The fourth-order valence-electron chi connectivity index (χ4n) is 4.45. The first-order valence-corrected chi connectivity index (χ1v) is 9.84. The maximum absolute atomic E-state index is 12.5. The van der Waals surface area contributed by atoms with E-state index in [4.69, 9.17) is 4.99 Å². The number of aryl methyl sites for hydroxylation is 1. The van der Waals surface area contributed by atoms with Crippen LogP contribution in [0.1, 0.15) is 30.5 Å². The number of nitrogens with one attached hydrogen (secondary N) is 1. The molecule has 5 nitrogen and oxygen atoms in total. The molecule has 1 N–H and O–H groups in total. The van der Waals surface area contributed by atoms with Crippen molar-refractivity contribution in [2.24, 2.45) is 16.8 Å². The molecule has 2 heterocycles. The lowest BCUT2D eigenvalue weighted by molar-refractivity contribution is -0.124. The first-order valence-electron chi connectivity index (χ1n) is 9.84. The van der Waals surface area contributed by atoms with E-state index in [2.05, 4.69) is 59.4 Å². The molecular formula is C22H28N4O. The SMILES string of the molecule is CNC(=O)C1C=CC2=C(N=CC3=CCCc4ccn2c43)C1CCCN(C)C. The van der Waals surface area contributed by atoms with Gasteiger partial charge in [0.1, 0.15) is 0 Å². The van der Waals surface area contributed by atoms with Crippen LogP contribution in [0.15, 0.2) is 41.2 Å². The van der Waals surface area contributed by atoms with E-state index < -0.39 is 0 Å². The first kappa shape index (κ1) is 18.0. The number of nitrogens with zero attached hydrogens (tertiary/aromatic N) is 3. The summed E-state index contributed by atoms with van der Waals surface area (Å²) in [7, 11) is 5.89. The van der Waals surface area contributed by atoms with Gasteiger partial charge in [-0.2, -0.15) is 0 Å². The van der Waals surface area contributed by atoms with Gasteiger partial charge in [-0.05, 0) is 64.0 Å². The van der Waals surface area contributed by atoms with Crippen molar-refractivity contribution in [2.75, 3.05) is 27.7 Å². The van der Waals surface area contributed by atoms with Gasteiger partial charge in [0.2, 0.25) is 5.91 Å². The summed E-state index contributed by atoms with van der Waals surface area (Å²) in [6.07, 6.45) is 14.7.